The van der Waals surface area contributed by atoms with Crippen LogP contribution < -0.4 is 10.1 Å². The third kappa shape index (κ3) is 6.21. The fourth-order valence-corrected chi connectivity index (χ4v) is 2.66. The van der Waals surface area contributed by atoms with E-state index in [-0.39, 0.29) is 0 Å². The number of benzene rings is 1. The molecule has 1 aromatic carbocycles. The maximum absolute atomic E-state index is 5.74. The van der Waals surface area contributed by atoms with Gasteiger partial charge in [-0.2, -0.15) is 0 Å². The van der Waals surface area contributed by atoms with E-state index in [0.717, 1.165) is 27.8 Å². The van der Waals surface area contributed by atoms with Crippen molar-refractivity contribution in [1.29, 1.82) is 0 Å². The molecular formula is C14H21Br2NO. The Kier molecular flexibility index (Phi) is 6.67. The quantitative estimate of drug-likeness (QED) is 0.729. The van der Waals surface area contributed by atoms with Gasteiger partial charge in [0.15, 0.2) is 0 Å². The lowest BCUT2D eigenvalue weighted by Crippen LogP contribution is -2.25. The third-order valence-corrected chi connectivity index (χ3v) is 3.74. The highest BCUT2D eigenvalue weighted by atomic mass is 79.9. The van der Waals surface area contributed by atoms with Crippen molar-refractivity contribution in [2.75, 3.05) is 19.7 Å². The van der Waals surface area contributed by atoms with Crippen LogP contribution in [0.1, 0.15) is 27.2 Å². The second-order valence-electron chi connectivity index (χ2n) is 5.46. The van der Waals surface area contributed by atoms with E-state index in [1.807, 2.05) is 18.2 Å². The van der Waals surface area contributed by atoms with Crippen LogP contribution in [0.15, 0.2) is 27.1 Å². The van der Waals surface area contributed by atoms with Gasteiger partial charge in [0.2, 0.25) is 0 Å². The van der Waals surface area contributed by atoms with Gasteiger partial charge < -0.3 is 10.1 Å². The van der Waals surface area contributed by atoms with Crippen molar-refractivity contribution in [3.05, 3.63) is 27.1 Å². The molecule has 0 aliphatic heterocycles. The van der Waals surface area contributed by atoms with Gasteiger partial charge in [0.25, 0.3) is 0 Å². The first-order valence-electron chi connectivity index (χ1n) is 6.18. The van der Waals surface area contributed by atoms with Crippen molar-refractivity contribution in [3.8, 4) is 5.75 Å². The molecule has 0 heterocycles. The average Bonchev–Trinajstić information content (AvgIpc) is 2.25. The standard InChI is InChI=1S/C14H21Br2NO/c1-14(2,3)7-8-17-9-10-18-13-11(15)5-4-6-12(13)16/h4-6,17H,7-10H2,1-3H3. The number of hydrogen-bond donors (Lipinski definition) is 1. The topological polar surface area (TPSA) is 21.3 Å². The first-order chi connectivity index (χ1) is 8.40. The lowest BCUT2D eigenvalue weighted by molar-refractivity contribution is 0.301. The summed E-state index contributed by atoms with van der Waals surface area (Å²) in [5.41, 5.74) is 0.388. The summed E-state index contributed by atoms with van der Waals surface area (Å²) in [5, 5.41) is 3.40. The summed E-state index contributed by atoms with van der Waals surface area (Å²) in [7, 11) is 0. The first-order valence-corrected chi connectivity index (χ1v) is 7.76. The van der Waals surface area contributed by atoms with Gasteiger partial charge in [-0.05, 0) is 62.4 Å². The number of rotatable bonds is 6. The summed E-state index contributed by atoms with van der Waals surface area (Å²) >= 11 is 6.96. The molecule has 4 heteroatoms. The number of halogens is 2. The number of para-hydroxylation sites is 1. The minimum Gasteiger partial charge on any atom is -0.490 e. The molecule has 18 heavy (non-hydrogen) atoms. The SMILES string of the molecule is CC(C)(C)CCNCCOc1c(Br)cccc1Br. The van der Waals surface area contributed by atoms with Gasteiger partial charge in [-0.1, -0.05) is 26.8 Å². The van der Waals surface area contributed by atoms with Gasteiger partial charge in [-0.15, -0.1) is 0 Å². The summed E-state index contributed by atoms with van der Waals surface area (Å²) in [6.07, 6.45) is 1.17. The van der Waals surface area contributed by atoms with Crippen LogP contribution in [-0.4, -0.2) is 19.7 Å². The highest BCUT2D eigenvalue weighted by Crippen LogP contribution is 2.32. The largest absolute Gasteiger partial charge is 0.490 e. The fraction of sp³-hybridized carbons (Fsp3) is 0.571. The van der Waals surface area contributed by atoms with Crippen LogP contribution in [0.3, 0.4) is 0 Å². The molecule has 2 nitrogen and oxygen atoms in total. The van der Waals surface area contributed by atoms with Gasteiger partial charge in [0, 0.05) is 6.54 Å². The molecule has 0 atom stereocenters. The van der Waals surface area contributed by atoms with Crippen LogP contribution in [-0.2, 0) is 0 Å². The van der Waals surface area contributed by atoms with E-state index in [1.54, 1.807) is 0 Å². The van der Waals surface area contributed by atoms with Crippen molar-refractivity contribution in [2.24, 2.45) is 5.41 Å². The van der Waals surface area contributed by atoms with Crippen molar-refractivity contribution >= 4 is 31.9 Å². The van der Waals surface area contributed by atoms with Crippen LogP contribution in [0.4, 0.5) is 0 Å². The zero-order valence-electron chi connectivity index (χ0n) is 11.2. The monoisotopic (exact) mass is 377 g/mol. The summed E-state index contributed by atoms with van der Waals surface area (Å²) in [6, 6.07) is 5.93. The van der Waals surface area contributed by atoms with Crippen LogP contribution in [0.5, 0.6) is 5.75 Å². The van der Waals surface area contributed by atoms with Gasteiger partial charge >= 0.3 is 0 Å². The molecule has 0 unspecified atom stereocenters. The molecule has 0 fully saturated rings. The Morgan fingerprint density at radius 2 is 1.72 bits per heavy atom. The molecule has 0 saturated heterocycles. The maximum Gasteiger partial charge on any atom is 0.147 e. The summed E-state index contributed by atoms with van der Waals surface area (Å²) in [5.74, 6) is 0.870. The zero-order chi connectivity index (χ0) is 13.6. The number of hydrogen-bond acceptors (Lipinski definition) is 2. The minimum absolute atomic E-state index is 0.388. The van der Waals surface area contributed by atoms with E-state index >= 15 is 0 Å². The van der Waals surface area contributed by atoms with E-state index in [0.29, 0.717) is 12.0 Å². The van der Waals surface area contributed by atoms with Crippen LogP contribution in [0, 0.1) is 5.41 Å². The molecule has 0 spiro atoms. The molecule has 0 radical (unpaired) electrons. The second-order valence-corrected chi connectivity index (χ2v) is 7.17. The highest BCUT2D eigenvalue weighted by molar-refractivity contribution is 9.11. The van der Waals surface area contributed by atoms with Gasteiger partial charge in [-0.25, -0.2) is 0 Å². The van der Waals surface area contributed by atoms with Gasteiger partial charge in [0.05, 0.1) is 8.95 Å². The van der Waals surface area contributed by atoms with Crippen LogP contribution in [0.25, 0.3) is 0 Å². The van der Waals surface area contributed by atoms with Crippen molar-refractivity contribution in [1.82, 2.24) is 5.32 Å². The Morgan fingerprint density at radius 3 is 2.28 bits per heavy atom. The summed E-state index contributed by atoms with van der Waals surface area (Å²) in [4.78, 5) is 0. The fourth-order valence-electron chi connectivity index (χ4n) is 1.43. The lowest BCUT2D eigenvalue weighted by Gasteiger charge is -2.18. The van der Waals surface area contributed by atoms with Crippen LogP contribution >= 0.6 is 31.9 Å². The molecule has 0 saturated carbocycles. The molecule has 0 aliphatic rings. The Balaban J connectivity index is 2.22. The summed E-state index contributed by atoms with van der Waals surface area (Å²) < 4.78 is 7.70. The molecule has 1 rings (SSSR count). The minimum atomic E-state index is 0.388. The van der Waals surface area contributed by atoms with Crippen molar-refractivity contribution < 1.29 is 4.74 Å². The second kappa shape index (κ2) is 7.51. The molecule has 1 aromatic rings. The van der Waals surface area contributed by atoms with E-state index in [4.69, 9.17) is 4.74 Å². The lowest BCUT2D eigenvalue weighted by atomic mass is 9.92. The molecule has 0 aromatic heterocycles. The molecule has 102 valence electrons. The Labute approximate surface area is 127 Å². The van der Waals surface area contributed by atoms with Gasteiger partial charge in [-0.3, -0.25) is 0 Å². The predicted molar refractivity (Wildman–Crippen MR) is 84.3 cm³/mol. The summed E-state index contributed by atoms with van der Waals surface area (Å²) in [6.45, 7) is 9.33. The maximum atomic E-state index is 5.74. The number of nitrogens with one attached hydrogen (secondary N) is 1. The van der Waals surface area contributed by atoms with Gasteiger partial charge in [0.1, 0.15) is 12.4 Å². The molecule has 0 amide bonds. The van der Waals surface area contributed by atoms with E-state index in [2.05, 4.69) is 57.9 Å². The molecular weight excluding hydrogens is 358 g/mol. The molecule has 0 bridgehead atoms. The third-order valence-electron chi connectivity index (χ3n) is 2.50. The predicted octanol–water partition coefficient (Wildman–Crippen LogP) is 4.62. The number of ether oxygens (including phenoxy) is 1. The Hall–Kier alpha value is -0.0600. The van der Waals surface area contributed by atoms with Crippen molar-refractivity contribution in [3.63, 3.8) is 0 Å². The van der Waals surface area contributed by atoms with E-state index < -0.39 is 0 Å². The average molecular weight is 379 g/mol. The highest BCUT2D eigenvalue weighted by Gasteiger charge is 2.09. The molecule has 0 aliphatic carbocycles. The normalized spacial score (nSPS) is 11.6. The zero-order valence-corrected chi connectivity index (χ0v) is 14.4. The smallest absolute Gasteiger partial charge is 0.147 e. The van der Waals surface area contributed by atoms with E-state index in [1.165, 1.54) is 6.42 Å². The molecule has 1 N–H and O–H groups in total. The first kappa shape index (κ1) is 16.0. The van der Waals surface area contributed by atoms with Crippen molar-refractivity contribution in [2.45, 2.75) is 27.2 Å². The van der Waals surface area contributed by atoms with Crippen LogP contribution in [0.2, 0.25) is 0 Å². The van der Waals surface area contributed by atoms with E-state index in [9.17, 15) is 0 Å². The Morgan fingerprint density at radius 1 is 1.11 bits per heavy atom. The Bertz CT molecular complexity index is 354.